The molecule has 0 unspecified atom stereocenters. The van der Waals surface area contributed by atoms with Crippen molar-refractivity contribution < 1.29 is 24.2 Å². The zero-order valence-electron chi connectivity index (χ0n) is 19.0. The predicted octanol–water partition coefficient (Wildman–Crippen LogP) is 6.00. The number of aromatic hydroxyl groups is 1. The molecule has 1 fully saturated rings. The summed E-state index contributed by atoms with van der Waals surface area (Å²) in [5.41, 5.74) is 4.10. The summed E-state index contributed by atoms with van der Waals surface area (Å²) in [6.07, 6.45) is -0.00647. The number of nitrogens with zero attached hydrogens (tertiary/aromatic N) is 1. The van der Waals surface area contributed by atoms with Gasteiger partial charge in [-0.3, -0.25) is 9.59 Å². The minimum Gasteiger partial charge on any atom is -0.508 e. The number of aldehydes is 1. The zero-order chi connectivity index (χ0) is 25.2. The lowest BCUT2D eigenvalue weighted by atomic mass is 9.92. The van der Waals surface area contributed by atoms with E-state index in [2.05, 4.69) is 0 Å². The Morgan fingerprint density at radius 2 is 1.69 bits per heavy atom. The predicted molar refractivity (Wildman–Crippen MR) is 141 cm³/mol. The first kappa shape index (κ1) is 24.2. The molecular weight excluding hydrogens is 497 g/mol. The van der Waals surface area contributed by atoms with Gasteiger partial charge in [0, 0.05) is 11.4 Å². The number of carbonyl (C=O) groups is 2. The number of β-lactam (4-membered cyclic amide) rings is 1. The van der Waals surface area contributed by atoms with Crippen LogP contribution in [0.25, 0.3) is 11.1 Å². The number of thioether (sulfide) groups is 1. The number of benzene rings is 3. The number of anilines is 1. The molecule has 5 nitrogen and oxygen atoms in total. The summed E-state index contributed by atoms with van der Waals surface area (Å²) < 4.78 is 13.2. The topological polar surface area (TPSA) is 77.8 Å². The molecule has 0 aliphatic carbocycles. The number of carbonyl (C=O) groups excluding carboxylic acids is 2. The molecule has 1 amide bonds. The van der Waals surface area contributed by atoms with Crippen LogP contribution < -0.4 is 4.90 Å². The number of thiophene rings is 1. The maximum atomic E-state index is 13.3. The smallest absolute Gasteiger partial charge is 0.243 e. The van der Waals surface area contributed by atoms with Crippen LogP contribution in [0.5, 0.6) is 5.75 Å². The van der Waals surface area contributed by atoms with E-state index in [1.165, 1.54) is 35.2 Å². The van der Waals surface area contributed by atoms with Crippen molar-refractivity contribution >= 4 is 41.0 Å². The fourth-order valence-corrected chi connectivity index (χ4v) is 6.28. The van der Waals surface area contributed by atoms with Crippen molar-refractivity contribution in [3.63, 3.8) is 0 Å². The van der Waals surface area contributed by atoms with Gasteiger partial charge in [0.1, 0.15) is 16.8 Å². The third-order valence-electron chi connectivity index (χ3n) is 6.18. The van der Waals surface area contributed by atoms with Gasteiger partial charge in [-0.15, -0.1) is 23.1 Å². The molecule has 0 bridgehead atoms. The van der Waals surface area contributed by atoms with Crippen LogP contribution in [-0.4, -0.2) is 33.4 Å². The van der Waals surface area contributed by atoms with E-state index in [1.807, 2.05) is 35.7 Å². The van der Waals surface area contributed by atoms with Gasteiger partial charge in [0.15, 0.2) is 6.29 Å². The summed E-state index contributed by atoms with van der Waals surface area (Å²) in [5.74, 6) is -0.0247. The zero-order valence-corrected chi connectivity index (χ0v) is 20.6. The van der Waals surface area contributed by atoms with Gasteiger partial charge in [-0.05, 0) is 70.1 Å². The number of aliphatic hydroxyl groups is 1. The molecule has 0 radical (unpaired) electrons. The first-order chi connectivity index (χ1) is 17.4. The number of hydrogen-bond acceptors (Lipinski definition) is 6. The van der Waals surface area contributed by atoms with Gasteiger partial charge in [-0.25, -0.2) is 4.39 Å². The summed E-state index contributed by atoms with van der Waals surface area (Å²) in [4.78, 5) is 26.7. The third kappa shape index (κ3) is 4.80. The van der Waals surface area contributed by atoms with E-state index in [4.69, 9.17) is 0 Å². The Labute approximate surface area is 215 Å². The van der Waals surface area contributed by atoms with Gasteiger partial charge in [-0.1, -0.05) is 36.4 Å². The lowest BCUT2D eigenvalue weighted by Gasteiger charge is -2.47. The lowest BCUT2D eigenvalue weighted by molar-refractivity contribution is -0.123. The SMILES string of the molecule is O=Cc1cc(-c2ccc(N3C(=O)[C@H](SC[C@@H](O)c4ccc(F)cc4)[C@H]3c3ccc(O)cc3)cc2)cs1. The Morgan fingerprint density at radius 1 is 1.00 bits per heavy atom. The number of aliphatic hydroxyl groups excluding tert-OH is 1. The molecule has 5 rings (SSSR count). The second-order valence-corrected chi connectivity index (χ2v) is 10.6. The number of amides is 1. The quantitative estimate of drug-likeness (QED) is 0.221. The molecule has 3 atom stereocenters. The molecule has 3 aromatic carbocycles. The lowest BCUT2D eigenvalue weighted by Crippen LogP contribution is -2.57. The monoisotopic (exact) mass is 519 g/mol. The molecule has 2 N–H and O–H groups in total. The molecule has 1 aromatic heterocycles. The highest BCUT2D eigenvalue weighted by molar-refractivity contribution is 8.00. The standard InChI is InChI=1S/C28H22FNO4S2/c29-21-7-1-18(2-8-21)25(33)16-36-27-26(19-5-11-23(32)12-6-19)30(28(27)34)22-9-3-17(4-10-22)20-13-24(14-31)35-15-20/h1-15,25-27,32-33H,16H2/t25-,26-,27-/m1/s1. The Bertz CT molecular complexity index is 1370. The van der Waals surface area contributed by atoms with Crippen LogP contribution in [0.2, 0.25) is 0 Å². The Morgan fingerprint density at radius 3 is 2.33 bits per heavy atom. The molecule has 36 heavy (non-hydrogen) atoms. The van der Waals surface area contributed by atoms with Crippen molar-refractivity contribution in [3.8, 4) is 16.9 Å². The number of phenols is 1. The normalized spacial score (nSPS) is 18.1. The molecule has 0 spiro atoms. The summed E-state index contributed by atoms with van der Waals surface area (Å²) in [5, 5.41) is 21.8. The van der Waals surface area contributed by atoms with Gasteiger partial charge >= 0.3 is 0 Å². The Balaban J connectivity index is 1.37. The largest absolute Gasteiger partial charge is 0.508 e. The van der Waals surface area contributed by atoms with Gasteiger partial charge in [0.2, 0.25) is 5.91 Å². The molecule has 1 aliphatic rings. The average Bonchev–Trinajstić information content (AvgIpc) is 3.38. The average molecular weight is 520 g/mol. The van der Waals surface area contributed by atoms with Gasteiger partial charge in [0.25, 0.3) is 0 Å². The van der Waals surface area contributed by atoms with E-state index in [1.54, 1.807) is 41.3 Å². The number of rotatable bonds is 8. The minimum absolute atomic E-state index is 0.0732. The van der Waals surface area contributed by atoms with Crippen molar-refractivity contribution in [2.75, 3.05) is 10.7 Å². The van der Waals surface area contributed by atoms with Crippen LogP contribution >= 0.6 is 23.1 Å². The van der Waals surface area contributed by atoms with Gasteiger partial charge < -0.3 is 15.1 Å². The molecular formula is C28H22FNO4S2. The van der Waals surface area contributed by atoms with Crippen molar-refractivity contribution in [2.45, 2.75) is 17.4 Å². The maximum absolute atomic E-state index is 13.3. The maximum Gasteiger partial charge on any atom is 0.243 e. The second kappa shape index (κ2) is 10.3. The third-order valence-corrected chi connectivity index (χ3v) is 8.37. The van der Waals surface area contributed by atoms with Crippen LogP contribution in [0.4, 0.5) is 10.1 Å². The first-order valence-corrected chi connectivity index (χ1v) is 13.2. The second-order valence-electron chi connectivity index (χ2n) is 8.47. The van der Waals surface area contributed by atoms with E-state index in [0.29, 0.717) is 10.4 Å². The number of phenolic OH excluding ortho intramolecular Hbond substituents is 1. The van der Waals surface area contributed by atoms with Crippen LogP contribution in [0.1, 0.15) is 32.9 Å². The molecule has 182 valence electrons. The van der Waals surface area contributed by atoms with E-state index in [-0.39, 0.29) is 29.3 Å². The highest BCUT2D eigenvalue weighted by Crippen LogP contribution is 2.46. The summed E-state index contributed by atoms with van der Waals surface area (Å²) in [6, 6.07) is 21.6. The fourth-order valence-electron chi connectivity index (χ4n) is 4.26. The summed E-state index contributed by atoms with van der Waals surface area (Å²) >= 11 is 2.74. The van der Waals surface area contributed by atoms with Crippen molar-refractivity contribution in [1.82, 2.24) is 0 Å². The van der Waals surface area contributed by atoms with Crippen LogP contribution in [0.3, 0.4) is 0 Å². The van der Waals surface area contributed by atoms with Gasteiger partial charge in [-0.2, -0.15) is 0 Å². The molecule has 8 heteroatoms. The number of hydrogen-bond donors (Lipinski definition) is 2. The minimum atomic E-state index is -0.834. The van der Waals surface area contributed by atoms with Crippen molar-refractivity contribution in [3.05, 3.63) is 106 Å². The van der Waals surface area contributed by atoms with Crippen molar-refractivity contribution in [1.29, 1.82) is 0 Å². The first-order valence-electron chi connectivity index (χ1n) is 11.3. The van der Waals surface area contributed by atoms with Crippen LogP contribution in [-0.2, 0) is 4.79 Å². The van der Waals surface area contributed by atoms with Crippen LogP contribution in [0.15, 0.2) is 84.2 Å². The fraction of sp³-hybridized carbons (Fsp3) is 0.143. The molecule has 1 saturated heterocycles. The molecule has 4 aromatic rings. The van der Waals surface area contributed by atoms with E-state index in [0.717, 1.165) is 28.7 Å². The number of halogens is 1. The molecule has 0 saturated carbocycles. The van der Waals surface area contributed by atoms with Crippen LogP contribution in [0, 0.1) is 5.82 Å². The van der Waals surface area contributed by atoms with Gasteiger partial charge in [0.05, 0.1) is 17.0 Å². The van der Waals surface area contributed by atoms with E-state index in [9.17, 15) is 24.2 Å². The highest BCUT2D eigenvalue weighted by atomic mass is 32.2. The highest BCUT2D eigenvalue weighted by Gasteiger charge is 2.49. The summed E-state index contributed by atoms with van der Waals surface area (Å²) in [7, 11) is 0. The Kier molecular flexibility index (Phi) is 6.91. The van der Waals surface area contributed by atoms with E-state index < -0.39 is 11.4 Å². The summed E-state index contributed by atoms with van der Waals surface area (Å²) in [6.45, 7) is 0. The molecule has 2 heterocycles. The Hall–Kier alpha value is -3.46. The van der Waals surface area contributed by atoms with E-state index >= 15 is 0 Å². The van der Waals surface area contributed by atoms with Crippen molar-refractivity contribution in [2.24, 2.45) is 0 Å². The molecule has 1 aliphatic heterocycles.